The molecular weight excluding hydrogens is 328 g/mol. The Morgan fingerprint density at radius 2 is 1.07 bits per heavy atom. The van der Waals surface area contributed by atoms with Gasteiger partial charge in [-0.1, -0.05) is 113 Å². The van der Waals surface area contributed by atoms with Crippen molar-refractivity contribution >= 4 is 0 Å². The molecule has 0 fully saturated rings. The van der Waals surface area contributed by atoms with Crippen LogP contribution in [-0.4, -0.2) is 5.11 Å². The molecule has 2 aromatic carbocycles. The maximum absolute atomic E-state index is 9.62. The molecule has 0 bridgehead atoms. The fourth-order valence-electron chi connectivity index (χ4n) is 3.63. The van der Waals surface area contributed by atoms with Crippen LogP contribution >= 0.6 is 0 Å². The Bertz CT molecular complexity index is 610. The first-order chi connectivity index (χ1) is 13.2. The van der Waals surface area contributed by atoms with Crippen molar-refractivity contribution in [2.24, 2.45) is 0 Å². The molecular formula is C26H38O. The number of aryl methyl sites for hydroxylation is 1. The minimum atomic E-state index is -0.400. The van der Waals surface area contributed by atoms with E-state index in [1.165, 1.54) is 87.3 Å². The van der Waals surface area contributed by atoms with Crippen molar-refractivity contribution in [3.8, 4) is 11.1 Å². The lowest BCUT2D eigenvalue weighted by molar-refractivity contribution is 0.199. The zero-order valence-electron chi connectivity index (χ0n) is 17.4. The van der Waals surface area contributed by atoms with Gasteiger partial charge in [-0.2, -0.15) is 0 Å². The van der Waals surface area contributed by atoms with E-state index in [9.17, 15) is 5.11 Å². The first-order valence-corrected chi connectivity index (χ1v) is 11.1. The van der Waals surface area contributed by atoms with Crippen LogP contribution in [0.2, 0.25) is 0 Å². The molecule has 1 heteroatoms. The molecule has 2 rings (SSSR count). The fraction of sp³-hybridized carbons (Fsp3) is 0.538. The monoisotopic (exact) mass is 366 g/mol. The Hall–Kier alpha value is -1.60. The lowest BCUT2D eigenvalue weighted by Crippen LogP contribution is -1.90. The minimum absolute atomic E-state index is 0.400. The summed E-state index contributed by atoms with van der Waals surface area (Å²) in [7, 11) is 0. The lowest BCUT2D eigenvalue weighted by Gasteiger charge is -2.08. The Labute approximate surface area is 166 Å². The Morgan fingerprint density at radius 1 is 0.630 bits per heavy atom. The van der Waals surface area contributed by atoms with Crippen molar-refractivity contribution in [3.05, 3.63) is 59.7 Å². The molecule has 2 aromatic rings. The molecule has 1 nitrogen and oxygen atoms in total. The van der Waals surface area contributed by atoms with E-state index in [1.807, 2.05) is 12.1 Å². The SMILES string of the molecule is CCCCCCCCCCCCc1ccc(-c2ccc(C(C)O)cc2)cc1. The quantitative estimate of drug-likeness (QED) is 0.357. The third-order valence-corrected chi connectivity index (χ3v) is 5.50. The maximum Gasteiger partial charge on any atom is 0.0761 e. The second-order valence-electron chi connectivity index (χ2n) is 7.93. The molecule has 1 unspecified atom stereocenters. The standard InChI is InChI=1S/C26H38O/c1-3-4-5-6-7-8-9-10-11-12-13-23-14-16-25(17-15-23)26-20-18-24(19-21-26)22(2)27/h14-22,27H,3-13H2,1-2H3. The van der Waals surface area contributed by atoms with Gasteiger partial charge in [0.2, 0.25) is 0 Å². The summed E-state index contributed by atoms with van der Waals surface area (Å²) < 4.78 is 0. The Kier molecular flexibility index (Phi) is 10.2. The molecule has 1 N–H and O–H groups in total. The van der Waals surface area contributed by atoms with Crippen molar-refractivity contribution in [2.45, 2.75) is 90.6 Å². The van der Waals surface area contributed by atoms with Gasteiger partial charge in [0.15, 0.2) is 0 Å². The lowest BCUT2D eigenvalue weighted by atomic mass is 9.99. The highest BCUT2D eigenvalue weighted by Crippen LogP contribution is 2.23. The smallest absolute Gasteiger partial charge is 0.0761 e. The molecule has 148 valence electrons. The molecule has 0 saturated heterocycles. The van der Waals surface area contributed by atoms with Crippen molar-refractivity contribution in [3.63, 3.8) is 0 Å². The van der Waals surface area contributed by atoms with Crippen LogP contribution in [0.4, 0.5) is 0 Å². The van der Waals surface area contributed by atoms with E-state index in [4.69, 9.17) is 0 Å². The van der Waals surface area contributed by atoms with Crippen LogP contribution in [0.15, 0.2) is 48.5 Å². The van der Waals surface area contributed by atoms with Crippen molar-refractivity contribution < 1.29 is 5.11 Å². The zero-order chi connectivity index (χ0) is 19.3. The van der Waals surface area contributed by atoms with Gasteiger partial charge in [0.25, 0.3) is 0 Å². The van der Waals surface area contributed by atoms with Crippen LogP contribution in [-0.2, 0) is 6.42 Å². The van der Waals surface area contributed by atoms with Gasteiger partial charge in [-0.15, -0.1) is 0 Å². The molecule has 0 spiro atoms. The zero-order valence-corrected chi connectivity index (χ0v) is 17.4. The van der Waals surface area contributed by atoms with E-state index in [1.54, 1.807) is 6.92 Å². The predicted molar refractivity (Wildman–Crippen MR) is 118 cm³/mol. The number of aliphatic hydroxyl groups excluding tert-OH is 1. The third kappa shape index (κ3) is 8.30. The van der Waals surface area contributed by atoms with Crippen molar-refractivity contribution in [1.29, 1.82) is 0 Å². The molecule has 0 aromatic heterocycles. The summed E-state index contributed by atoms with van der Waals surface area (Å²) in [5, 5.41) is 9.62. The molecule has 0 radical (unpaired) electrons. The number of benzene rings is 2. The summed E-state index contributed by atoms with van der Waals surface area (Å²) in [6, 6.07) is 17.2. The van der Waals surface area contributed by atoms with E-state index in [-0.39, 0.29) is 0 Å². The van der Waals surface area contributed by atoms with Gasteiger partial charge < -0.3 is 5.11 Å². The first-order valence-electron chi connectivity index (χ1n) is 11.1. The van der Waals surface area contributed by atoms with Gasteiger partial charge in [0.05, 0.1) is 6.10 Å². The molecule has 0 aliphatic rings. The second kappa shape index (κ2) is 12.7. The topological polar surface area (TPSA) is 20.2 Å². The van der Waals surface area contributed by atoms with Crippen LogP contribution in [0.1, 0.15) is 95.3 Å². The summed E-state index contributed by atoms with van der Waals surface area (Å²) in [5.74, 6) is 0. The first kappa shape index (κ1) is 21.7. The van der Waals surface area contributed by atoms with Crippen molar-refractivity contribution in [1.82, 2.24) is 0 Å². The Morgan fingerprint density at radius 3 is 1.56 bits per heavy atom. The van der Waals surface area contributed by atoms with Crippen molar-refractivity contribution in [2.75, 3.05) is 0 Å². The van der Waals surface area contributed by atoms with Crippen LogP contribution in [0.5, 0.6) is 0 Å². The molecule has 0 aliphatic heterocycles. The predicted octanol–water partition coefficient (Wildman–Crippen LogP) is 7.87. The van der Waals surface area contributed by atoms with Crippen LogP contribution in [0.25, 0.3) is 11.1 Å². The van der Waals surface area contributed by atoms with Gasteiger partial charge in [-0.3, -0.25) is 0 Å². The van der Waals surface area contributed by atoms with Crippen LogP contribution in [0, 0.1) is 0 Å². The summed E-state index contributed by atoms with van der Waals surface area (Å²) in [4.78, 5) is 0. The van der Waals surface area contributed by atoms with Gasteiger partial charge in [-0.25, -0.2) is 0 Å². The Balaban J connectivity index is 1.63. The summed E-state index contributed by atoms with van der Waals surface area (Å²) in [6.07, 6.45) is 14.7. The average molecular weight is 367 g/mol. The molecule has 0 amide bonds. The van der Waals surface area contributed by atoms with E-state index in [2.05, 4.69) is 43.3 Å². The molecule has 0 saturated carbocycles. The van der Waals surface area contributed by atoms with Gasteiger partial charge in [0, 0.05) is 0 Å². The number of unbranched alkanes of at least 4 members (excludes halogenated alkanes) is 9. The average Bonchev–Trinajstić information content (AvgIpc) is 2.70. The fourth-order valence-corrected chi connectivity index (χ4v) is 3.63. The van der Waals surface area contributed by atoms with E-state index < -0.39 is 6.10 Å². The van der Waals surface area contributed by atoms with Gasteiger partial charge in [0.1, 0.15) is 0 Å². The summed E-state index contributed by atoms with van der Waals surface area (Å²) in [5.41, 5.74) is 4.87. The molecule has 0 heterocycles. The van der Waals surface area contributed by atoms with E-state index in [0.29, 0.717) is 0 Å². The van der Waals surface area contributed by atoms with Gasteiger partial charge in [-0.05, 0) is 42.0 Å². The largest absolute Gasteiger partial charge is 0.389 e. The minimum Gasteiger partial charge on any atom is -0.389 e. The highest BCUT2D eigenvalue weighted by atomic mass is 16.3. The van der Waals surface area contributed by atoms with E-state index >= 15 is 0 Å². The highest BCUT2D eigenvalue weighted by Gasteiger charge is 2.02. The number of aliphatic hydroxyl groups is 1. The summed E-state index contributed by atoms with van der Waals surface area (Å²) in [6.45, 7) is 4.08. The third-order valence-electron chi connectivity index (χ3n) is 5.50. The highest BCUT2D eigenvalue weighted by molar-refractivity contribution is 5.64. The van der Waals surface area contributed by atoms with E-state index in [0.717, 1.165) is 5.56 Å². The molecule has 27 heavy (non-hydrogen) atoms. The number of rotatable bonds is 13. The molecule has 1 atom stereocenters. The number of hydrogen-bond acceptors (Lipinski definition) is 1. The normalized spacial score (nSPS) is 12.3. The molecule has 0 aliphatic carbocycles. The van der Waals surface area contributed by atoms with Crippen LogP contribution < -0.4 is 0 Å². The number of hydrogen-bond donors (Lipinski definition) is 1. The maximum atomic E-state index is 9.62. The van der Waals surface area contributed by atoms with Crippen LogP contribution in [0.3, 0.4) is 0 Å². The van der Waals surface area contributed by atoms with Gasteiger partial charge >= 0.3 is 0 Å². The summed E-state index contributed by atoms with van der Waals surface area (Å²) >= 11 is 0. The second-order valence-corrected chi connectivity index (χ2v) is 7.93.